The molecule has 0 aliphatic rings. The van der Waals surface area contributed by atoms with Crippen LogP contribution in [-0.2, 0) is 16.8 Å². The van der Waals surface area contributed by atoms with Crippen molar-refractivity contribution in [2.24, 2.45) is 0 Å². The lowest BCUT2D eigenvalue weighted by Gasteiger charge is -2.21. The van der Waals surface area contributed by atoms with Crippen LogP contribution in [0.15, 0.2) is 18.2 Å². The number of carbonyl (C=O) groups is 1. The van der Waals surface area contributed by atoms with E-state index in [4.69, 9.17) is 0 Å². The smallest absolute Gasteiger partial charge is 0.133 e. The molecule has 0 aliphatic carbocycles. The van der Waals surface area contributed by atoms with E-state index in [9.17, 15) is 4.79 Å². The molecule has 1 aromatic carbocycles. The van der Waals surface area contributed by atoms with Crippen LogP contribution in [0.1, 0.15) is 37.5 Å². The maximum atomic E-state index is 10.2. The summed E-state index contributed by atoms with van der Waals surface area (Å²) in [6.45, 7) is 9.90. The topological polar surface area (TPSA) is 29.1 Å². The molecule has 0 atom stereocenters. The van der Waals surface area contributed by atoms with Crippen LogP contribution in [0.4, 0.5) is 0 Å². The van der Waals surface area contributed by atoms with Crippen molar-refractivity contribution in [1.29, 1.82) is 0 Å². The number of hydrogen-bond donors (Lipinski definition) is 1. The number of aryl methyl sites for hydroxylation is 1. The average molecular weight is 219 g/mol. The van der Waals surface area contributed by atoms with Gasteiger partial charge in [0.1, 0.15) is 6.29 Å². The number of carbonyl (C=O) groups excluding carboxylic acids is 1. The summed E-state index contributed by atoms with van der Waals surface area (Å²) in [5, 5.41) is 3.10. The van der Waals surface area contributed by atoms with Crippen molar-refractivity contribution in [3.63, 3.8) is 0 Å². The van der Waals surface area contributed by atoms with E-state index in [2.05, 4.69) is 51.2 Å². The fourth-order valence-electron chi connectivity index (χ4n) is 1.59. The molecule has 0 saturated heterocycles. The third kappa shape index (κ3) is 3.46. The molecule has 0 fully saturated rings. The first-order valence-electron chi connectivity index (χ1n) is 5.69. The monoisotopic (exact) mass is 219 g/mol. The minimum absolute atomic E-state index is 0.174. The highest BCUT2D eigenvalue weighted by atomic mass is 16.1. The van der Waals surface area contributed by atoms with E-state index in [0.717, 1.165) is 12.8 Å². The molecule has 0 radical (unpaired) electrons. The van der Waals surface area contributed by atoms with E-state index in [1.54, 1.807) is 0 Å². The summed E-state index contributed by atoms with van der Waals surface area (Å²) in [5.74, 6) is 0. The van der Waals surface area contributed by atoms with Gasteiger partial charge in [-0.05, 0) is 29.0 Å². The van der Waals surface area contributed by atoms with E-state index in [1.807, 2.05) is 0 Å². The summed E-state index contributed by atoms with van der Waals surface area (Å²) < 4.78 is 0. The summed E-state index contributed by atoms with van der Waals surface area (Å²) in [6.07, 6.45) is 0.892. The molecule has 2 nitrogen and oxygen atoms in total. The first kappa shape index (κ1) is 12.9. The van der Waals surface area contributed by atoms with Gasteiger partial charge < -0.3 is 10.1 Å². The molecule has 0 spiro atoms. The van der Waals surface area contributed by atoms with E-state index in [0.29, 0.717) is 6.54 Å². The molecule has 0 heterocycles. The normalized spacial score (nSPS) is 11.5. The second-order valence-corrected chi connectivity index (χ2v) is 5.19. The highest BCUT2D eigenvalue weighted by Crippen LogP contribution is 2.24. The lowest BCUT2D eigenvalue weighted by Crippen LogP contribution is -2.17. The number of benzene rings is 1. The van der Waals surface area contributed by atoms with Crippen molar-refractivity contribution in [1.82, 2.24) is 5.32 Å². The molecule has 1 N–H and O–H groups in total. The quantitative estimate of drug-likeness (QED) is 0.623. The van der Waals surface area contributed by atoms with Gasteiger partial charge in [-0.1, -0.05) is 39.0 Å². The number of hydrogen-bond acceptors (Lipinski definition) is 2. The van der Waals surface area contributed by atoms with Crippen molar-refractivity contribution in [2.75, 3.05) is 6.54 Å². The molecule has 0 aromatic heterocycles. The highest BCUT2D eigenvalue weighted by molar-refractivity contribution is 5.51. The minimum atomic E-state index is 0.174. The van der Waals surface area contributed by atoms with Crippen LogP contribution in [0.2, 0.25) is 0 Å². The zero-order chi connectivity index (χ0) is 12.2. The predicted molar refractivity (Wildman–Crippen MR) is 67.6 cm³/mol. The van der Waals surface area contributed by atoms with E-state index in [-0.39, 0.29) is 5.41 Å². The second kappa shape index (κ2) is 5.26. The van der Waals surface area contributed by atoms with Crippen LogP contribution < -0.4 is 5.32 Å². The van der Waals surface area contributed by atoms with Gasteiger partial charge in [0, 0.05) is 6.54 Å². The molecule has 1 aromatic rings. The van der Waals surface area contributed by atoms with Crippen molar-refractivity contribution >= 4 is 6.29 Å². The first-order chi connectivity index (χ1) is 7.45. The molecule has 0 aliphatic heterocycles. The second-order valence-electron chi connectivity index (χ2n) is 5.19. The van der Waals surface area contributed by atoms with Crippen molar-refractivity contribution in [3.8, 4) is 0 Å². The fraction of sp³-hybridized carbons (Fsp3) is 0.500. The molecule has 2 heteroatoms. The molecule has 0 bridgehead atoms. The number of aldehydes is 1. The summed E-state index contributed by atoms with van der Waals surface area (Å²) >= 11 is 0. The van der Waals surface area contributed by atoms with Gasteiger partial charge in [0.05, 0.1) is 6.54 Å². The van der Waals surface area contributed by atoms with Gasteiger partial charge in [-0.2, -0.15) is 0 Å². The number of rotatable bonds is 4. The molecule has 0 amide bonds. The van der Waals surface area contributed by atoms with E-state index < -0.39 is 0 Å². The lowest BCUT2D eigenvalue weighted by molar-refractivity contribution is -0.107. The Balaban J connectivity index is 2.86. The maximum absolute atomic E-state index is 10.2. The molecule has 88 valence electrons. The zero-order valence-corrected chi connectivity index (χ0v) is 10.6. The van der Waals surface area contributed by atoms with Crippen LogP contribution in [0.3, 0.4) is 0 Å². The first-order valence-corrected chi connectivity index (χ1v) is 5.69. The fourth-order valence-corrected chi connectivity index (χ4v) is 1.59. The predicted octanol–water partition coefficient (Wildman–Crippen LogP) is 2.58. The zero-order valence-electron chi connectivity index (χ0n) is 10.6. The summed E-state index contributed by atoms with van der Waals surface area (Å²) in [4.78, 5) is 10.2. The van der Waals surface area contributed by atoms with Crippen LogP contribution in [-0.4, -0.2) is 12.8 Å². The molecule has 1 rings (SSSR count). The van der Waals surface area contributed by atoms with Crippen LogP contribution in [0.5, 0.6) is 0 Å². The van der Waals surface area contributed by atoms with Crippen molar-refractivity contribution in [2.45, 2.75) is 39.7 Å². The van der Waals surface area contributed by atoms with Crippen LogP contribution in [0.25, 0.3) is 0 Å². The summed E-state index contributed by atoms with van der Waals surface area (Å²) in [7, 11) is 0. The molecular formula is C14H21NO. The van der Waals surface area contributed by atoms with Crippen molar-refractivity contribution < 1.29 is 4.79 Å². The van der Waals surface area contributed by atoms with Gasteiger partial charge in [0.15, 0.2) is 0 Å². The lowest BCUT2D eigenvalue weighted by atomic mass is 9.85. The van der Waals surface area contributed by atoms with Gasteiger partial charge in [-0.15, -0.1) is 0 Å². The third-order valence-electron chi connectivity index (χ3n) is 2.76. The Morgan fingerprint density at radius 3 is 2.56 bits per heavy atom. The van der Waals surface area contributed by atoms with Gasteiger partial charge in [-0.3, -0.25) is 0 Å². The van der Waals surface area contributed by atoms with Gasteiger partial charge in [0.25, 0.3) is 0 Å². The SMILES string of the molecule is Cc1ccc(C(C)(C)C)cc1CNCC=O. The Labute approximate surface area is 98.1 Å². The average Bonchev–Trinajstić information content (AvgIpc) is 2.19. The Bertz CT molecular complexity index is 363. The minimum Gasteiger partial charge on any atom is -0.306 e. The summed E-state index contributed by atoms with van der Waals surface area (Å²) in [6, 6.07) is 6.56. The van der Waals surface area contributed by atoms with E-state index >= 15 is 0 Å². The van der Waals surface area contributed by atoms with Crippen LogP contribution in [0, 0.1) is 6.92 Å². The molecule has 0 unspecified atom stereocenters. The Kier molecular flexibility index (Phi) is 4.25. The molecule has 0 saturated carbocycles. The third-order valence-corrected chi connectivity index (χ3v) is 2.76. The Morgan fingerprint density at radius 1 is 1.31 bits per heavy atom. The Morgan fingerprint density at radius 2 is 2.00 bits per heavy atom. The van der Waals surface area contributed by atoms with Gasteiger partial charge in [-0.25, -0.2) is 0 Å². The summed E-state index contributed by atoms with van der Waals surface area (Å²) in [5.41, 5.74) is 4.05. The standard InChI is InChI=1S/C14H21NO/c1-11-5-6-13(14(2,3)4)9-12(11)10-15-7-8-16/h5-6,8-9,15H,7,10H2,1-4H3. The molecule has 16 heavy (non-hydrogen) atoms. The largest absolute Gasteiger partial charge is 0.306 e. The van der Waals surface area contributed by atoms with E-state index in [1.165, 1.54) is 16.7 Å². The number of nitrogens with one attached hydrogen (secondary N) is 1. The highest BCUT2D eigenvalue weighted by Gasteiger charge is 2.14. The van der Waals surface area contributed by atoms with Gasteiger partial charge in [0.2, 0.25) is 0 Å². The van der Waals surface area contributed by atoms with Gasteiger partial charge >= 0.3 is 0 Å². The Hall–Kier alpha value is -1.15. The van der Waals surface area contributed by atoms with Crippen LogP contribution >= 0.6 is 0 Å². The van der Waals surface area contributed by atoms with Crippen molar-refractivity contribution in [3.05, 3.63) is 34.9 Å². The molecular weight excluding hydrogens is 198 g/mol. The maximum Gasteiger partial charge on any atom is 0.133 e.